The number of hydrogen-bond donors (Lipinski definition) is 1. The summed E-state index contributed by atoms with van der Waals surface area (Å²) in [5.41, 5.74) is 2.96. The maximum absolute atomic E-state index is 12.7. The maximum Gasteiger partial charge on any atom is 0.247 e. The standard InChI is InChI=1S/C20H22N6OS/c1-14-5-7-18(21-10-14)24-20-23-16(13-28-20)17-4-3-9-26(17)19(27)8-6-15-11-22-25(2)12-15/h5-8,10-13,17H,3-4,9H2,1-2H3,(H,21,23,24)/b8-6+. The van der Waals surface area contributed by atoms with Gasteiger partial charge in [-0.1, -0.05) is 6.07 Å². The van der Waals surface area contributed by atoms with Crippen LogP contribution in [0.3, 0.4) is 0 Å². The summed E-state index contributed by atoms with van der Waals surface area (Å²) in [5, 5.41) is 10.2. The van der Waals surface area contributed by atoms with Gasteiger partial charge in [0.05, 0.1) is 17.9 Å². The second-order valence-electron chi connectivity index (χ2n) is 6.89. The number of nitrogens with zero attached hydrogens (tertiary/aromatic N) is 5. The molecule has 1 aliphatic heterocycles. The zero-order valence-corrected chi connectivity index (χ0v) is 16.7. The Hall–Kier alpha value is -3.00. The summed E-state index contributed by atoms with van der Waals surface area (Å²) >= 11 is 1.53. The van der Waals surface area contributed by atoms with E-state index in [2.05, 4.69) is 15.4 Å². The first-order valence-corrected chi connectivity index (χ1v) is 10.1. The lowest BCUT2D eigenvalue weighted by molar-refractivity contribution is -0.126. The Kier molecular flexibility index (Phi) is 5.21. The van der Waals surface area contributed by atoms with Crippen LogP contribution in [0.1, 0.15) is 35.7 Å². The molecule has 7 nitrogen and oxygen atoms in total. The Bertz CT molecular complexity index is 990. The molecule has 1 aliphatic rings. The van der Waals surface area contributed by atoms with Gasteiger partial charge in [-0.25, -0.2) is 9.97 Å². The van der Waals surface area contributed by atoms with Crippen LogP contribution in [-0.2, 0) is 11.8 Å². The van der Waals surface area contributed by atoms with Crippen LogP contribution in [0.5, 0.6) is 0 Å². The molecule has 0 aromatic carbocycles. The fourth-order valence-corrected chi connectivity index (χ4v) is 4.04. The predicted molar refractivity (Wildman–Crippen MR) is 110 cm³/mol. The van der Waals surface area contributed by atoms with E-state index < -0.39 is 0 Å². The molecule has 1 amide bonds. The van der Waals surface area contributed by atoms with E-state index in [-0.39, 0.29) is 11.9 Å². The summed E-state index contributed by atoms with van der Waals surface area (Å²) in [4.78, 5) is 23.7. The Morgan fingerprint density at radius 1 is 1.36 bits per heavy atom. The Morgan fingerprint density at radius 3 is 3.00 bits per heavy atom. The van der Waals surface area contributed by atoms with Gasteiger partial charge in [0.2, 0.25) is 5.91 Å². The van der Waals surface area contributed by atoms with E-state index in [1.165, 1.54) is 11.3 Å². The predicted octanol–water partition coefficient (Wildman–Crippen LogP) is 3.70. The molecule has 0 saturated carbocycles. The zero-order valence-electron chi connectivity index (χ0n) is 15.9. The number of anilines is 2. The third-order valence-electron chi connectivity index (χ3n) is 4.69. The summed E-state index contributed by atoms with van der Waals surface area (Å²) < 4.78 is 1.72. The molecule has 1 saturated heterocycles. The molecular weight excluding hydrogens is 372 g/mol. The molecule has 3 aromatic rings. The molecule has 1 atom stereocenters. The number of thiazole rings is 1. The molecule has 4 rings (SSSR count). The number of amides is 1. The van der Waals surface area contributed by atoms with Crippen molar-refractivity contribution in [3.63, 3.8) is 0 Å². The van der Waals surface area contributed by atoms with Crippen LogP contribution in [0, 0.1) is 6.92 Å². The van der Waals surface area contributed by atoms with E-state index in [0.29, 0.717) is 0 Å². The van der Waals surface area contributed by atoms with Gasteiger partial charge in [-0.15, -0.1) is 11.3 Å². The third-order valence-corrected chi connectivity index (χ3v) is 5.46. The molecule has 0 spiro atoms. The topological polar surface area (TPSA) is 75.9 Å². The van der Waals surface area contributed by atoms with Crippen LogP contribution in [-0.4, -0.2) is 37.1 Å². The Balaban J connectivity index is 1.44. The normalized spacial score (nSPS) is 16.8. The van der Waals surface area contributed by atoms with Gasteiger partial charge >= 0.3 is 0 Å². The summed E-state index contributed by atoms with van der Waals surface area (Å²) in [7, 11) is 1.86. The van der Waals surface area contributed by atoms with Crippen molar-refractivity contribution in [2.45, 2.75) is 25.8 Å². The maximum atomic E-state index is 12.7. The highest BCUT2D eigenvalue weighted by atomic mass is 32.1. The number of likely N-dealkylation sites (tertiary alicyclic amines) is 1. The molecule has 0 aliphatic carbocycles. The third kappa shape index (κ3) is 4.12. The monoisotopic (exact) mass is 394 g/mol. The minimum absolute atomic E-state index is 0.00839. The van der Waals surface area contributed by atoms with Crippen molar-refractivity contribution in [2.75, 3.05) is 11.9 Å². The van der Waals surface area contributed by atoms with Gasteiger partial charge in [-0.3, -0.25) is 9.48 Å². The SMILES string of the molecule is Cc1ccc(Nc2nc(C3CCCN3C(=O)/C=C/c3cnn(C)c3)cs2)nc1. The highest BCUT2D eigenvalue weighted by Gasteiger charge is 2.30. The fourth-order valence-electron chi connectivity index (χ4n) is 3.28. The number of hydrogen-bond acceptors (Lipinski definition) is 6. The molecular formula is C20H22N6OS. The molecule has 0 radical (unpaired) electrons. The zero-order chi connectivity index (χ0) is 19.5. The molecule has 1 fully saturated rings. The number of pyridine rings is 1. The van der Waals surface area contributed by atoms with Crippen molar-refractivity contribution in [3.05, 3.63) is 59.0 Å². The van der Waals surface area contributed by atoms with Crippen molar-refractivity contribution in [1.29, 1.82) is 0 Å². The lowest BCUT2D eigenvalue weighted by Gasteiger charge is -2.21. The molecule has 144 valence electrons. The largest absolute Gasteiger partial charge is 0.331 e. The van der Waals surface area contributed by atoms with Gasteiger partial charge in [0.15, 0.2) is 5.13 Å². The summed E-state index contributed by atoms with van der Waals surface area (Å²) in [5.74, 6) is 0.777. The number of carbonyl (C=O) groups excluding carboxylic acids is 1. The van der Waals surface area contributed by atoms with Crippen LogP contribution >= 0.6 is 11.3 Å². The molecule has 3 aromatic heterocycles. The Labute approximate surface area is 167 Å². The van der Waals surface area contributed by atoms with E-state index in [1.807, 2.05) is 54.9 Å². The first-order valence-electron chi connectivity index (χ1n) is 9.21. The van der Waals surface area contributed by atoms with Crippen molar-refractivity contribution in [2.24, 2.45) is 7.05 Å². The molecule has 4 heterocycles. The highest BCUT2D eigenvalue weighted by Crippen LogP contribution is 2.34. The number of nitrogens with one attached hydrogen (secondary N) is 1. The fraction of sp³-hybridized carbons (Fsp3) is 0.300. The minimum atomic E-state index is 0.00839. The summed E-state index contributed by atoms with van der Waals surface area (Å²) in [6.07, 6.45) is 10.8. The number of carbonyl (C=O) groups is 1. The molecule has 1 unspecified atom stereocenters. The van der Waals surface area contributed by atoms with Gasteiger partial charge in [0.25, 0.3) is 0 Å². The highest BCUT2D eigenvalue weighted by molar-refractivity contribution is 7.13. The van der Waals surface area contributed by atoms with E-state index >= 15 is 0 Å². The average Bonchev–Trinajstić information content (AvgIpc) is 3.42. The number of aromatic nitrogens is 4. The number of rotatable bonds is 5. The first-order chi connectivity index (χ1) is 13.6. The van der Waals surface area contributed by atoms with Gasteiger partial charge in [0, 0.05) is 43.0 Å². The minimum Gasteiger partial charge on any atom is -0.331 e. The quantitative estimate of drug-likeness (QED) is 0.668. The van der Waals surface area contributed by atoms with Gasteiger partial charge < -0.3 is 10.2 Å². The van der Waals surface area contributed by atoms with Crippen LogP contribution < -0.4 is 5.32 Å². The van der Waals surface area contributed by atoms with Gasteiger partial charge in [-0.2, -0.15) is 5.10 Å². The molecule has 8 heteroatoms. The van der Waals surface area contributed by atoms with Gasteiger partial charge in [-0.05, 0) is 37.5 Å². The molecule has 28 heavy (non-hydrogen) atoms. The van der Waals surface area contributed by atoms with Crippen LogP contribution in [0.2, 0.25) is 0 Å². The van der Waals surface area contributed by atoms with Crippen molar-refractivity contribution >= 4 is 34.3 Å². The van der Waals surface area contributed by atoms with Crippen LogP contribution in [0.25, 0.3) is 6.08 Å². The van der Waals surface area contributed by atoms with E-state index in [1.54, 1.807) is 17.0 Å². The van der Waals surface area contributed by atoms with E-state index in [0.717, 1.165) is 47.2 Å². The molecule has 1 N–H and O–H groups in total. The first kappa shape index (κ1) is 18.4. The Morgan fingerprint density at radius 2 is 2.25 bits per heavy atom. The van der Waals surface area contributed by atoms with Crippen molar-refractivity contribution < 1.29 is 4.79 Å². The van der Waals surface area contributed by atoms with Gasteiger partial charge in [0.1, 0.15) is 5.82 Å². The second kappa shape index (κ2) is 7.93. The second-order valence-corrected chi connectivity index (χ2v) is 7.75. The average molecular weight is 395 g/mol. The summed E-state index contributed by atoms with van der Waals surface area (Å²) in [6.45, 7) is 2.76. The van der Waals surface area contributed by atoms with E-state index in [9.17, 15) is 4.79 Å². The van der Waals surface area contributed by atoms with Crippen molar-refractivity contribution in [1.82, 2.24) is 24.6 Å². The van der Waals surface area contributed by atoms with E-state index in [4.69, 9.17) is 4.98 Å². The van der Waals surface area contributed by atoms with Crippen LogP contribution in [0.4, 0.5) is 10.9 Å². The lowest BCUT2D eigenvalue weighted by Crippen LogP contribution is -2.29. The van der Waals surface area contributed by atoms with Crippen LogP contribution in [0.15, 0.2) is 42.2 Å². The summed E-state index contributed by atoms with van der Waals surface area (Å²) in [6, 6.07) is 3.96. The number of aryl methyl sites for hydroxylation is 2. The molecule has 0 bridgehead atoms. The van der Waals surface area contributed by atoms with Crippen molar-refractivity contribution in [3.8, 4) is 0 Å². The smallest absolute Gasteiger partial charge is 0.247 e. The lowest BCUT2D eigenvalue weighted by atomic mass is 10.1.